The van der Waals surface area contributed by atoms with Crippen LogP contribution in [0.2, 0.25) is 0 Å². The summed E-state index contributed by atoms with van der Waals surface area (Å²) in [5, 5.41) is 25.7. The van der Waals surface area contributed by atoms with Crippen LogP contribution in [-0.4, -0.2) is 89.2 Å². The van der Waals surface area contributed by atoms with Gasteiger partial charge in [-0.2, -0.15) is 4.52 Å². The predicted octanol–water partition coefficient (Wildman–Crippen LogP) is 2.63. The highest BCUT2D eigenvalue weighted by Gasteiger charge is 2.31. The molecule has 0 aliphatic carbocycles. The lowest BCUT2D eigenvalue weighted by Gasteiger charge is -2.29. The summed E-state index contributed by atoms with van der Waals surface area (Å²) < 4.78 is 49.6. The smallest absolute Gasteiger partial charge is 0.486 e. The summed E-state index contributed by atoms with van der Waals surface area (Å²) in [6.45, 7) is 5.92. The van der Waals surface area contributed by atoms with Gasteiger partial charge in [0.15, 0.2) is 17.4 Å². The van der Waals surface area contributed by atoms with Crippen molar-refractivity contribution in [3.63, 3.8) is 0 Å². The van der Waals surface area contributed by atoms with E-state index < -0.39 is 6.36 Å². The van der Waals surface area contributed by atoms with E-state index in [0.29, 0.717) is 61.3 Å². The molecule has 0 saturated carbocycles. The second-order valence-electron chi connectivity index (χ2n) is 8.12. The monoisotopic (exact) mass is 495 g/mol. The van der Waals surface area contributed by atoms with Gasteiger partial charge in [-0.05, 0) is 25.1 Å². The predicted molar refractivity (Wildman–Crippen MR) is 124 cm³/mol. The maximum atomic E-state index is 12.7. The van der Waals surface area contributed by atoms with Crippen LogP contribution in [-0.2, 0) is 0 Å². The molecular weight excluding hydrogens is 467 g/mol. The molecule has 0 saturated heterocycles. The molecule has 0 radical (unpaired) electrons. The maximum absolute atomic E-state index is 12.7. The van der Waals surface area contributed by atoms with Gasteiger partial charge >= 0.3 is 6.36 Å². The number of aromatic nitrogens is 4. The van der Waals surface area contributed by atoms with Gasteiger partial charge in [0.1, 0.15) is 18.0 Å². The van der Waals surface area contributed by atoms with E-state index in [4.69, 9.17) is 4.74 Å². The molecular formula is C22H28F3N7O3. The Kier molecular flexibility index (Phi) is 7.45. The molecule has 2 N–H and O–H groups in total. The first-order valence-electron chi connectivity index (χ1n) is 11.4. The van der Waals surface area contributed by atoms with Crippen LogP contribution >= 0.6 is 0 Å². The number of rotatable bonds is 10. The first-order chi connectivity index (χ1) is 16.8. The molecule has 0 bridgehead atoms. The largest absolute Gasteiger partial charge is 0.573 e. The number of ether oxygens (including phenoxy) is 2. The van der Waals surface area contributed by atoms with Gasteiger partial charge in [0.25, 0.3) is 0 Å². The molecule has 4 rings (SSSR count). The molecule has 0 atom stereocenters. The summed E-state index contributed by atoms with van der Waals surface area (Å²) in [4.78, 5) is 4.12. The van der Waals surface area contributed by atoms with Crippen molar-refractivity contribution in [3.8, 4) is 22.9 Å². The number of benzene rings is 1. The van der Waals surface area contributed by atoms with Crippen LogP contribution in [0.1, 0.15) is 13.3 Å². The average Bonchev–Trinajstić information content (AvgIpc) is 3.22. The SMILES string of the molecule is CCCN(CCO)CCNc1nn2c(-c3cccc(OC(F)(F)F)c3)nnc2c2c1OCCN2C. The average molecular weight is 496 g/mol. The number of halogens is 3. The molecule has 1 aliphatic heterocycles. The number of alkyl halides is 3. The van der Waals surface area contributed by atoms with Crippen LogP contribution in [0.4, 0.5) is 24.7 Å². The van der Waals surface area contributed by atoms with E-state index >= 15 is 0 Å². The van der Waals surface area contributed by atoms with Gasteiger partial charge in [-0.25, -0.2) is 0 Å². The summed E-state index contributed by atoms with van der Waals surface area (Å²) >= 11 is 0. The Morgan fingerprint density at radius 3 is 2.80 bits per heavy atom. The normalized spacial score (nSPS) is 13.7. The first kappa shape index (κ1) is 24.8. The third-order valence-electron chi connectivity index (χ3n) is 5.54. The number of hydrogen-bond acceptors (Lipinski definition) is 9. The number of anilines is 2. The Labute approximate surface area is 200 Å². The second kappa shape index (κ2) is 10.5. The molecule has 10 nitrogen and oxygen atoms in total. The van der Waals surface area contributed by atoms with Crippen LogP contribution < -0.4 is 19.7 Å². The number of hydrogen-bond donors (Lipinski definition) is 2. The third-order valence-corrected chi connectivity index (χ3v) is 5.54. The summed E-state index contributed by atoms with van der Waals surface area (Å²) in [6, 6.07) is 5.54. The van der Waals surface area contributed by atoms with Crippen molar-refractivity contribution in [1.82, 2.24) is 24.7 Å². The molecule has 0 fully saturated rings. The molecule has 1 aromatic carbocycles. The van der Waals surface area contributed by atoms with Gasteiger partial charge in [0, 0.05) is 32.2 Å². The maximum Gasteiger partial charge on any atom is 0.573 e. The number of nitrogens with zero attached hydrogens (tertiary/aromatic N) is 6. The topological polar surface area (TPSA) is 100 Å². The molecule has 3 aromatic rings. The molecule has 2 aromatic heterocycles. The minimum Gasteiger partial charge on any atom is -0.486 e. The van der Waals surface area contributed by atoms with E-state index in [1.165, 1.54) is 22.7 Å². The minimum atomic E-state index is -4.80. The highest BCUT2D eigenvalue weighted by molar-refractivity contribution is 5.83. The molecule has 0 unspecified atom stereocenters. The Morgan fingerprint density at radius 1 is 1.23 bits per heavy atom. The van der Waals surface area contributed by atoms with E-state index in [2.05, 4.69) is 37.2 Å². The quantitative estimate of drug-likeness (QED) is 0.440. The number of fused-ring (bicyclic) bond motifs is 3. The fourth-order valence-electron chi connectivity index (χ4n) is 4.01. The Balaban J connectivity index is 1.70. The van der Waals surface area contributed by atoms with E-state index in [1.807, 2.05) is 11.9 Å². The summed E-state index contributed by atoms with van der Waals surface area (Å²) in [5.41, 5.74) is 1.49. The van der Waals surface area contributed by atoms with Crippen LogP contribution in [0.3, 0.4) is 0 Å². The van der Waals surface area contributed by atoms with Gasteiger partial charge in [0.2, 0.25) is 5.65 Å². The highest BCUT2D eigenvalue weighted by Crippen LogP contribution is 2.40. The lowest BCUT2D eigenvalue weighted by atomic mass is 10.2. The van der Waals surface area contributed by atoms with Crippen molar-refractivity contribution in [1.29, 1.82) is 0 Å². The summed E-state index contributed by atoms with van der Waals surface area (Å²) in [5.74, 6) is 0.931. The molecule has 1 aliphatic rings. The highest BCUT2D eigenvalue weighted by atomic mass is 19.4. The lowest BCUT2D eigenvalue weighted by molar-refractivity contribution is -0.274. The number of nitrogens with one attached hydrogen (secondary N) is 1. The van der Waals surface area contributed by atoms with Crippen molar-refractivity contribution in [2.75, 3.05) is 63.2 Å². The number of aliphatic hydroxyl groups excluding tert-OH is 1. The van der Waals surface area contributed by atoms with Crippen molar-refractivity contribution >= 4 is 17.2 Å². The van der Waals surface area contributed by atoms with E-state index in [0.717, 1.165) is 13.0 Å². The fourth-order valence-corrected chi connectivity index (χ4v) is 4.01. The van der Waals surface area contributed by atoms with Crippen LogP contribution in [0.15, 0.2) is 24.3 Å². The Morgan fingerprint density at radius 2 is 2.06 bits per heavy atom. The zero-order valence-electron chi connectivity index (χ0n) is 19.5. The van der Waals surface area contributed by atoms with Crippen molar-refractivity contribution in [2.45, 2.75) is 19.7 Å². The van der Waals surface area contributed by atoms with Crippen molar-refractivity contribution < 1.29 is 27.8 Å². The standard InChI is InChI=1S/C22H28F3N7O3/c1-3-8-31(10-12-33)9-7-26-19-18-17(30(2)11-13-34-18)21-28-27-20(32(21)29-19)15-5-4-6-16(14-15)35-22(23,24)25/h4-6,14,33H,3,7-13H2,1-2H3,(H,26,29). The first-order valence-corrected chi connectivity index (χ1v) is 11.4. The van der Waals surface area contributed by atoms with Gasteiger partial charge in [-0.3, -0.25) is 4.90 Å². The van der Waals surface area contributed by atoms with Crippen molar-refractivity contribution in [3.05, 3.63) is 24.3 Å². The zero-order chi connectivity index (χ0) is 25.0. The summed E-state index contributed by atoms with van der Waals surface area (Å²) in [6.07, 6.45) is -3.84. The van der Waals surface area contributed by atoms with Gasteiger partial charge in [0.05, 0.1) is 13.2 Å². The Bertz CT molecular complexity index is 1150. The van der Waals surface area contributed by atoms with Gasteiger partial charge in [-0.1, -0.05) is 19.1 Å². The lowest BCUT2D eigenvalue weighted by Crippen LogP contribution is -2.33. The Hall–Kier alpha value is -3.32. The second-order valence-corrected chi connectivity index (χ2v) is 8.12. The van der Waals surface area contributed by atoms with Crippen LogP contribution in [0.5, 0.6) is 11.5 Å². The zero-order valence-corrected chi connectivity index (χ0v) is 19.5. The van der Waals surface area contributed by atoms with Gasteiger partial charge < -0.3 is 24.8 Å². The van der Waals surface area contributed by atoms with Crippen molar-refractivity contribution in [2.24, 2.45) is 0 Å². The molecule has 0 spiro atoms. The van der Waals surface area contributed by atoms with E-state index in [1.54, 1.807) is 6.07 Å². The molecule has 3 heterocycles. The van der Waals surface area contributed by atoms with E-state index in [9.17, 15) is 18.3 Å². The molecule has 190 valence electrons. The minimum absolute atomic E-state index is 0.0781. The van der Waals surface area contributed by atoms with Gasteiger partial charge in [-0.15, -0.1) is 28.5 Å². The molecule has 35 heavy (non-hydrogen) atoms. The summed E-state index contributed by atoms with van der Waals surface area (Å²) in [7, 11) is 1.90. The fraction of sp³-hybridized carbons (Fsp3) is 0.500. The molecule has 13 heteroatoms. The number of aliphatic hydroxyl groups is 1. The number of likely N-dealkylation sites (N-methyl/N-ethyl adjacent to an activating group) is 1. The van der Waals surface area contributed by atoms with Crippen LogP contribution in [0.25, 0.3) is 17.0 Å². The third kappa shape index (κ3) is 5.68. The van der Waals surface area contributed by atoms with E-state index in [-0.39, 0.29) is 18.2 Å². The van der Waals surface area contributed by atoms with Crippen LogP contribution in [0, 0.1) is 0 Å². The molecule has 0 amide bonds.